The van der Waals surface area contributed by atoms with Crippen LogP contribution in [0.4, 0.5) is 13.2 Å². The van der Waals surface area contributed by atoms with Crippen molar-refractivity contribution in [2.45, 2.75) is 33.2 Å². The van der Waals surface area contributed by atoms with E-state index < -0.39 is 6.36 Å². The van der Waals surface area contributed by atoms with Crippen molar-refractivity contribution in [1.82, 2.24) is 9.47 Å². The lowest BCUT2D eigenvalue weighted by Gasteiger charge is -2.25. The average molecular weight is 328 g/mol. The van der Waals surface area contributed by atoms with Crippen LogP contribution in [0.25, 0.3) is 10.9 Å². The van der Waals surface area contributed by atoms with E-state index >= 15 is 0 Å². The number of hydrogen-bond donors (Lipinski definition) is 0. The van der Waals surface area contributed by atoms with E-state index in [1.54, 1.807) is 12.3 Å². The largest absolute Gasteiger partial charge is 0.573 e. The van der Waals surface area contributed by atoms with Gasteiger partial charge >= 0.3 is 6.36 Å². The second-order valence-corrected chi connectivity index (χ2v) is 5.19. The summed E-state index contributed by atoms with van der Waals surface area (Å²) in [6.07, 6.45) is -3.16. The van der Waals surface area contributed by atoms with E-state index in [-0.39, 0.29) is 17.7 Å². The van der Waals surface area contributed by atoms with E-state index in [2.05, 4.69) is 4.74 Å². The molecule has 0 bridgehead atoms. The summed E-state index contributed by atoms with van der Waals surface area (Å²) >= 11 is 0. The summed E-state index contributed by atoms with van der Waals surface area (Å²) in [6.45, 7) is 7.25. The number of benzene rings is 1. The van der Waals surface area contributed by atoms with Crippen molar-refractivity contribution in [2.24, 2.45) is 0 Å². The van der Waals surface area contributed by atoms with Crippen molar-refractivity contribution in [2.75, 3.05) is 13.1 Å². The van der Waals surface area contributed by atoms with Crippen LogP contribution in [0, 0.1) is 0 Å². The SMILES string of the molecule is CCN(CC)C(C)C(=O)n1ccc2cc(OC(F)(F)F)ccc21. The van der Waals surface area contributed by atoms with E-state index in [4.69, 9.17) is 0 Å². The standard InChI is InChI=1S/C16H19F3N2O2/c1-4-20(5-2)11(3)15(22)21-9-8-12-10-13(6-7-14(12)21)23-16(17,18)19/h6-11H,4-5H2,1-3H3. The van der Waals surface area contributed by atoms with Crippen molar-refractivity contribution in [1.29, 1.82) is 0 Å². The third-order valence-electron chi connectivity index (χ3n) is 3.85. The first-order chi connectivity index (χ1) is 10.8. The van der Waals surface area contributed by atoms with Crippen molar-refractivity contribution in [3.8, 4) is 5.75 Å². The quantitative estimate of drug-likeness (QED) is 0.834. The van der Waals surface area contributed by atoms with Crippen LogP contribution in [-0.4, -0.2) is 40.9 Å². The van der Waals surface area contributed by atoms with E-state index in [9.17, 15) is 18.0 Å². The smallest absolute Gasteiger partial charge is 0.406 e. The van der Waals surface area contributed by atoms with Crippen LogP contribution in [0.1, 0.15) is 25.6 Å². The summed E-state index contributed by atoms with van der Waals surface area (Å²) in [7, 11) is 0. The second-order valence-electron chi connectivity index (χ2n) is 5.19. The fraction of sp³-hybridized carbons (Fsp3) is 0.438. The monoisotopic (exact) mass is 328 g/mol. The Morgan fingerprint density at radius 1 is 1.26 bits per heavy atom. The van der Waals surface area contributed by atoms with Gasteiger partial charge in [-0.25, -0.2) is 0 Å². The van der Waals surface area contributed by atoms with Crippen molar-refractivity contribution < 1.29 is 22.7 Å². The number of nitrogens with zero attached hydrogens (tertiary/aromatic N) is 2. The van der Waals surface area contributed by atoms with Crippen LogP contribution in [0.15, 0.2) is 30.5 Å². The van der Waals surface area contributed by atoms with Gasteiger partial charge in [0.2, 0.25) is 5.91 Å². The molecule has 0 fully saturated rings. The van der Waals surface area contributed by atoms with E-state index in [0.717, 1.165) is 13.1 Å². The van der Waals surface area contributed by atoms with Crippen molar-refractivity contribution >= 4 is 16.8 Å². The molecule has 0 saturated carbocycles. The van der Waals surface area contributed by atoms with Gasteiger partial charge in [0.25, 0.3) is 0 Å². The van der Waals surface area contributed by atoms with E-state index in [0.29, 0.717) is 10.9 Å². The number of carbonyl (C=O) groups is 1. The van der Waals surface area contributed by atoms with Crippen LogP contribution >= 0.6 is 0 Å². The number of hydrogen-bond acceptors (Lipinski definition) is 3. The second kappa shape index (κ2) is 6.62. The molecule has 0 amide bonds. The van der Waals surface area contributed by atoms with Crippen LogP contribution < -0.4 is 4.74 Å². The minimum Gasteiger partial charge on any atom is -0.406 e. The topological polar surface area (TPSA) is 34.5 Å². The minimum atomic E-state index is -4.73. The number of fused-ring (bicyclic) bond motifs is 1. The summed E-state index contributed by atoms with van der Waals surface area (Å²) in [5.74, 6) is -0.416. The molecule has 2 aromatic rings. The molecule has 0 N–H and O–H groups in total. The number of ether oxygens (including phenoxy) is 1. The predicted octanol–water partition coefficient (Wildman–Crippen LogP) is 3.91. The van der Waals surface area contributed by atoms with Gasteiger partial charge in [0.15, 0.2) is 0 Å². The third kappa shape index (κ3) is 3.85. The Morgan fingerprint density at radius 2 is 1.91 bits per heavy atom. The lowest BCUT2D eigenvalue weighted by atomic mass is 10.2. The fourth-order valence-electron chi connectivity index (χ4n) is 2.64. The molecule has 0 aliphatic heterocycles. The summed E-state index contributed by atoms with van der Waals surface area (Å²) in [4.78, 5) is 14.6. The zero-order valence-corrected chi connectivity index (χ0v) is 13.2. The number of alkyl halides is 3. The molecule has 0 saturated heterocycles. The Hall–Kier alpha value is -2.02. The summed E-state index contributed by atoms with van der Waals surface area (Å²) < 4.78 is 42.1. The number of halogens is 3. The zero-order chi connectivity index (χ0) is 17.2. The Morgan fingerprint density at radius 3 is 2.48 bits per heavy atom. The highest BCUT2D eigenvalue weighted by Gasteiger charge is 2.31. The first-order valence-electron chi connectivity index (χ1n) is 7.42. The molecule has 0 radical (unpaired) electrons. The van der Waals surface area contributed by atoms with Crippen LogP contribution in [-0.2, 0) is 0 Å². The van der Waals surface area contributed by atoms with E-state index in [1.165, 1.54) is 22.8 Å². The molecule has 1 aromatic carbocycles. The average Bonchev–Trinajstić information content (AvgIpc) is 2.88. The van der Waals surface area contributed by atoms with Crippen LogP contribution in [0.2, 0.25) is 0 Å². The maximum Gasteiger partial charge on any atom is 0.573 e. The summed E-state index contributed by atoms with van der Waals surface area (Å²) in [5.41, 5.74) is 0.559. The number of rotatable bonds is 5. The first-order valence-corrected chi connectivity index (χ1v) is 7.42. The molecule has 23 heavy (non-hydrogen) atoms. The Labute approximate surface area is 132 Å². The highest BCUT2D eigenvalue weighted by molar-refractivity contribution is 5.95. The van der Waals surface area contributed by atoms with Gasteiger partial charge in [-0.15, -0.1) is 13.2 Å². The molecular weight excluding hydrogens is 309 g/mol. The highest BCUT2D eigenvalue weighted by Crippen LogP contribution is 2.27. The Bertz CT molecular complexity index is 690. The van der Waals surface area contributed by atoms with Crippen molar-refractivity contribution in [3.05, 3.63) is 30.5 Å². The maximum atomic E-state index is 12.6. The lowest BCUT2D eigenvalue weighted by molar-refractivity contribution is -0.274. The van der Waals surface area contributed by atoms with Gasteiger partial charge in [0.1, 0.15) is 5.75 Å². The molecule has 2 rings (SSSR count). The molecule has 126 valence electrons. The Balaban J connectivity index is 2.31. The summed E-state index contributed by atoms with van der Waals surface area (Å²) in [5, 5.41) is 0.520. The Kier molecular flexibility index (Phi) is 4.99. The van der Waals surface area contributed by atoms with Crippen LogP contribution in [0.3, 0.4) is 0 Å². The normalized spacial score (nSPS) is 13.5. The highest BCUT2D eigenvalue weighted by atomic mass is 19.4. The predicted molar refractivity (Wildman–Crippen MR) is 81.6 cm³/mol. The molecule has 7 heteroatoms. The minimum absolute atomic E-state index is 0.117. The molecule has 1 heterocycles. The summed E-state index contributed by atoms with van der Waals surface area (Å²) in [6, 6.07) is 5.23. The number of aromatic nitrogens is 1. The van der Waals surface area contributed by atoms with Gasteiger partial charge in [-0.3, -0.25) is 14.3 Å². The van der Waals surface area contributed by atoms with Crippen LogP contribution in [0.5, 0.6) is 5.75 Å². The van der Waals surface area contributed by atoms with Gasteiger partial charge in [-0.1, -0.05) is 13.8 Å². The number of carbonyl (C=O) groups excluding carboxylic acids is 1. The number of likely N-dealkylation sites (N-methyl/N-ethyl adjacent to an activating group) is 1. The van der Waals surface area contributed by atoms with Gasteiger partial charge in [-0.2, -0.15) is 0 Å². The van der Waals surface area contributed by atoms with Crippen molar-refractivity contribution in [3.63, 3.8) is 0 Å². The molecule has 0 spiro atoms. The third-order valence-corrected chi connectivity index (χ3v) is 3.85. The molecule has 0 aliphatic rings. The van der Waals surface area contributed by atoms with Gasteiger partial charge < -0.3 is 4.74 Å². The molecular formula is C16H19F3N2O2. The van der Waals surface area contributed by atoms with Gasteiger partial charge in [0.05, 0.1) is 11.6 Å². The lowest BCUT2D eigenvalue weighted by Crippen LogP contribution is -2.41. The fourth-order valence-corrected chi connectivity index (χ4v) is 2.64. The molecule has 0 aliphatic carbocycles. The molecule has 4 nitrogen and oxygen atoms in total. The van der Waals surface area contributed by atoms with Gasteiger partial charge in [-0.05, 0) is 44.3 Å². The molecule has 1 aromatic heterocycles. The zero-order valence-electron chi connectivity index (χ0n) is 13.2. The van der Waals surface area contributed by atoms with Gasteiger partial charge in [0, 0.05) is 11.6 Å². The molecule has 1 unspecified atom stereocenters. The first kappa shape index (κ1) is 17.3. The maximum absolute atomic E-state index is 12.6. The van der Waals surface area contributed by atoms with E-state index in [1.807, 2.05) is 25.7 Å². The molecule has 1 atom stereocenters.